The van der Waals surface area contributed by atoms with E-state index in [1.165, 1.54) is 0 Å². The molecule has 31 heavy (non-hydrogen) atoms. The van der Waals surface area contributed by atoms with Gasteiger partial charge in [-0.05, 0) is 37.8 Å². The Bertz CT molecular complexity index is 1120. The molecule has 10 heteroatoms. The largest absolute Gasteiger partial charge is 0.457 e. The highest BCUT2D eigenvalue weighted by Crippen LogP contribution is 2.27. The van der Waals surface area contributed by atoms with Crippen molar-refractivity contribution in [2.45, 2.75) is 46.2 Å². The lowest BCUT2D eigenvalue weighted by Crippen LogP contribution is -2.15. The van der Waals surface area contributed by atoms with Crippen molar-refractivity contribution in [3.05, 3.63) is 58.2 Å². The van der Waals surface area contributed by atoms with Gasteiger partial charge in [0.05, 0.1) is 0 Å². The summed E-state index contributed by atoms with van der Waals surface area (Å²) in [6, 6.07) is 7.07. The van der Waals surface area contributed by atoms with Crippen molar-refractivity contribution in [3.8, 4) is 0 Å². The number of carbonyl (C=O) groups is 2. The van der Waals surface area contributed by atoms with Crippen LogP contribution in [0.1, 0.15) is 52.0 Å². The fraction of sp³-hybridized carbons (Fsp3) is 0.381. The van der Waals surface area contributed by atoms with Crippen molar-refractivity contribution >= 4 is 17.5 Å². The number of hydrogen-bond donors (Lipinski definition) is 0. The van der Waals surface area contributed by atoms with Gasteiger partial charge in [0, 0.05) is 23.4 Å². The number of nitrogens with zero attached hydrogens (tertiary/aromatic N) is 4. The lowest BCUT2D eigenvalue weighted by atomic mass is 10.1. The molecule has 0 aliphatic heterocycles. The van der Waals surface area contributed by atoms with Gasteiger partial charge < -0.3 is 4.74 Å². The van der Waals surface area contributed by atoms with Crippen molar-refractivity contribution in [2.24, 2.45) is 0 Å². The molecule has 3 rings (SSSR count). The molecule has 0 amide bonds. The SMILES string of the molecule is CCc1ccc(C(=O)COC(=O)CCc2c(C)nc3nc(C(F)(F)F)nn3c2C)cc1. The number of esters is 1. The molecule has 0 N–H and O–H groups in total. The molecule has 0 bridgehead atoms. The van der Waals surface area contributed by atoms with Gasteiger partial charge in [-0.25, -0.2) is 9.50 Å². The number of aryl methyl sites for hydroxylation is 3. The molecule has 2 aromatic heterocycles. The zero-order valence-corrected chi connectivity index (χ0v) is 17.3. The van der Waals surface area contributed by atoms with E-state index in [1.54, 1.807) is 26.0 Å². The first-order valence-electron chi connectivity index (χ1n) is 9.68. The molecule has 3 aromatic rings. The third-order valence-corrected chi connectivity index (χ3v) is 4.93. The maximum Gasteiger partial charge on any atom is 0.453 e. The van der Waals surface area contributed by atoms with E-state index in [1.807, 2.05) is 19.1 Å². The number of rotatable bonds is 7. The first kappa shape index (κ1) is 22.4. The van der Waals surface area contributed by atoms with E-state index in [0.717, 1.165) is 16.5 Å². The zero-order chi connectivity index (χ0) is 22.8. The smallest absolute Gasteiger partial charge is 0.453 e. The minimum absolute atomic E-state index is 0.0578. The van der Waals surface area contributed by atoms with E-state index in [4.69, 9.17) is 4.74 Å². The summed E-state index contributed by atoms with van der Waals surface area (Å²) in [6.07, 6.45) is -3.70. The van der Waals surface area contributed by atoms with Gasteiger partial charge in [-0.15, -0.1) is 5.10 Å². The van der Waals surface area contributed by atoms with E-state index in [9.17, 15) is 22.8 Å². The summed E-state index contributed by atoms with van der Waals surface area (Å²) in [6.45, 7) is 4.84. The molecule has 0 saturated carbocycles. The summed E-state index contributed by atoms with van der Waals surface area (Å²) in [5, 5.41) is 3.47. The van der Waals surface area contributed by atoms with Crippen LogP contribution in [-0.2, 0) is 28.5 Å². The summed E-state index contributed by atoms with van der Waals surface area (Å²) in [5.74, 6) is -2.33. The average molecular weight is 434 g/mol. The number of fused-ring (bicyclic) bond motifs is 1. The van der Waals surface area contributed by atoms with Crippen LogP contribution in [0.3, 0.4) is 0 Å². The van der Waals surface area contributed by atoms with E-state index in [-0.39, 0.29) is 31.0 Å². The van der Waals surface area contributed by atoms with Crippen molar-refractivity contribution in [3.63, 3.8) is 0 Å². The summed E-state index contributed by atoms with van der Waals surface area (Å²) in [5.41, 5.74) is 2.98. The average Bonchev–Trinajstić information content (AvgIpc) is 3.16. The van der Waals surface area contributed by atoms with E-state index in [0.29, 0.717) is 22.5 Å². The number of Topliss-reactive ketones (excluding diaryl/α,β-unsaturated/α-hetero) is 1. The Kier molecular flexibility index (Phi) is 6.37. The van der Waals surface area contributed by atoms with Gasteiger partial charge in [0.15, 0.2) is 12.4 Å². The lowest BCUT2D eigenvalue weighted by Gasteiger charge is -2.10. The summed E-state index contributed by atoms with van der Waals surface area (Å²) in [4.78, 5) is 31.7. The second-order valence-electron chi connectivity index (χ2n) is 7.04. The molecular weight excluding hydrogens is 413 g/mol. The van der Waals surface area contributed by atoms with Crippen molar-refractivity contribution < 1.29 is 27.5 Å². The van der Waals surface area contributed by atoms with Gasteiger partial charge in [-0.3, -0.25) is 9.59 Å². The van der Waals surface area contributed by atoms with Crippen LogP contribution in [0.15, 0.2) is 24.3 Å². The highest BCUT2D eigenvalue weighted by Gasteiger charge is 2.37. The molecular formula is C21H21F3N4O3. The molecule has 0 spiro atoms. The topological polar surface area (TPSA) is 86.5 Å². The maximum absolute atomic E-state index is 12.9. The van der Waals surface area contributed by atoms with Crippen LogP contribution in [0.5, 0.6) is 0 Å². The number of ketones is 1. The second-order valence-corrected chi connectivity index (χ2v) is 7.04. The monoisotopic (exact) mass is 434 g/mol. The van der Waals surface area contributed by atoms with Crippen molar-refractivity contribution in [1.29, 1.82) is 0 Å². The molecule has 1 aromatic carbocycles. The molecule has 0 saturated heterocycles. The Morgan fingerprint density at radius 3 is 2.39 bits per heavy atom. The Morgan fingerprint density at radius 2 is 1.77 bits per heavy atom. The van der Waals surface area contributed by atoms with Crippen LogP contribution >= 0.6 is 0 Å². The Hall–Kier alpha value is -3.30. The quantitative estimate of drug-likeness (QED) is 0.417. The number of ether oxygens (including phenoxy) is 1. The number of benzene rings is 1. The summed E-state index contributed by atoms with van der Waals surface area (Å²) in [7, 11) is 0. The Labute approximate surface area is 176 Å². The second kappa shape index (κ2) is 8.83. The molecule has 0 atom stereocenters. The molecule has 0 aliphatic carbocycles. The van der Waals surface area contributed by atoms with Crippen LogP contribution < -0.4 is 0 Å². The number of halogens is 3. The summed E-state index contributed by atoms with van der Waals surface area (Å²) >= 11 is 0. The Balaban J connectivity index is 1.63. The summed E-state index contributed by atoms with van der Waals surface area (Å²) < 4.78 is 44.7. The van der Waals surface area contributed by atoms with Crippen LogP contribution in [0.25, 0.3) is 5.78 Å². The van der Waals surface area contributed by atoms with Gasteiger partial charge in [0.25, 0.3) is 11.6 Å². The third-order valence-electron chi connectivity index (χ3n) is 4.93. The number of carbonyl (C=O) groups excluding carboxylic acids is 2. The zero-order valence-electron chi connectivity index (χ0n) is 17.3. The third kappa shape index (κ3) is 5.07. The molecule has 0 unspecified atom stereocenters. The van der Waals surface area contributed by atoms with Gasteiger partial charge in [0.2, 0.25) is 0 Å². The van der Waals surface area contributed by atoms with Gasteiger partial charge >= 0.3 is 12.1 Å². The normalized spacial score (nSPS) is 11.7. The lowest BCUT2D eigenvalue weighted by molar-refractivity contribution is -0.145. The molecule has 0 radical (unpaired) electrons. The highest BCUT2D eigenvalue weighted by molar-refractivity contribution is 5.97. The van der Waals surface area contributed by atoms with Crippen LogP contribution in [0.2, 0.25) is 0 Å². The molecule has 2 heterocycles. The van der Waals surface area contributed by atoms with Crippen LogP contribution in [-0.4, -0.2) is 37.9 Å². The minimum atomic E-state index is -4.68. The Morgan fingerprint density at radius 1 is 1.10 bits per heavy atom. The van der Waals surface area contributed by atoms with E-state index >= 15 is 0 Å². The van der Waals surface area contributed by atoms with Crippen LogP contribution in [0.4, 0.5) is 13.2 Å². The van der Waals surface area contributed by atoms with Gasteiger partial charge in [-0.1, -0.05) is 31.2 Å². The van der Waals surface area contributed by atoms with Crippen molar-refractivity contribution in [1.82, 2.24) is 19.6 Å². The molecule has 7 nitrogen and oxygen atoms in total. The predicted octanol–water partition coefficient (Wildman–Crippen LogP) is 3.68. The first-order chi connectivity index (χ1) is 14.6. The minimum Gasteiger partial charge on any atom is -0.457 e. The molecule has 0 fully saturated rings. The van der Waals surface area contributed by atoms with Gasteiger partial charge in [0.1, 0.15) is 0 Å². The molecule has 164 valence electrons. The highest BCUT2D eigenvalue weighted by atomic mass is 19.4. The number of alkyl halides is 3. The van der Waals surface area contributed by atoms with Crippen molar-refractivity contribution in [2.75, 3.05) is 6.61 Å². The number of hydrogen-bond acceptors (Lipinski definition) is 6. The first-order valence-corrected chi connectivity index (χ1v) is 9.68. The van der Waals surface area contributed by atoms with E-state index < -0.39 is 18.0 Å². The predicted molar refractivity (Wildman–Crippen MR) is 105 cm³/mol. The number of aromatic nitrogens is 4. The van der Waals surface area contributed by atoms with E-state index in [2.05, 4.69) is 15.1 Å². The fourth-order valence-corrected chi connectivity index (χ4v) is 3.15. The maximum atomic E-state index is 12.9. The standard InChI is InChI=1S/C21H21F3N4O3/c1-4-14-5-7-15(8-6-14)17(29)11-31-18(30)10-9-16-12(2)25-20-26-19(21(22,23)24)27-28(20)13(16)3/h5-8H,4,9-11H2,1-3H3. The molecule has 0 aliphatic rings. The van der Waals surface area contributed by atoms with Crippen LogP contribution in [0, 0.1) is 13.8 Å². The van der Waals surface area contributed by atoms with Gasteiger partial charge in [-0.2, -0.15) is 18.2 Å². The fourth-order valence-electron chi connectivity index (χ4n) is 3.15.